The lowest BCUT2D eigenvalue weighted by atomic mass is 10.2. The second-order valence-electron chi connectivity index (χ2n) is 4.32. The molecule has 0 saturated carbocycles. The Balaban J connectivity index is 2.04. The summed E-state index contributed by atoms with van der Waals surface area (Å²) in [6.07, 6.45) is 2.57. The van der Waals surface area contributed by atoms with Crippen molar-refractivity contribution >= 4 is 17.2 Å². The molecule has 5 heteroatoms. The minimum Gasteiger partial charge on any atom is -0.384 e. The van der Waals surface area contributed by atoms with Gasteiger partial charge in [-0.05, 0) is 19.8 Å². The SMILES string of the molecule is COCCC(=O)N1CCCC1c1nc(C)cs1. The number of amides is 1. The van der Waals surface area contributed by atoms with E-state index in [1.165, 1.54) is 0 Å². The Labute approximate surface area is 106 Å². The molecular formula is C12H18N2O2S. The van der Waals surface area contributed by atoms with Crippen molar-refractivity contribution in [1.82, 2.24) is 9.88 Å². The van der Waals surface area contributed by atoms with Crippen molar-refractivity contribution in [3.05, 3.63) is 16.1 Å². The molecule has 0 spiro atoms. The largest absolute Gasteiger partial charge is 0.384 e. The predicted octanol–water partition coefficient (Wildman–Crippen LogP) is 2.15. The normalized spacial score (nSPS) is 19.9. The predicted molar refractivity (Wildman–Crippen MR) is 67.0 cm³/mol. The van der Waals surface area contributed by atoms with Gasteiger partial charge < -0.3 is 9.64 Å². The smallest absolute Gasteiger partial charge is 0.225 e. The van der Waals surface area contributed by atoms with Gasteiger partial charge in [0.1, 0.15) is 5.01 Å². The summed E-state index contributed by atoms with van der Waals surface area (Å²) >= 11 is 1.66. The van der Waals surface area contributed by atoms with Crippen molar-refractivity contribution in [1.29, 1.82) is 0 Å². The van der Waals surface area contributed by atoms with Crippen LogP contribution in [0.5, 0.6) is 0 Å². The van der Waals surface area contributed by atoms with Gasteiger partial charge >= 0.3 is 0 Å². The van der Waals surface area contributed by atoms with E-state index in [1.807, 2.05) is 17.2 Å². The molecule has 94 valence electrons. The van der Waals surface area contributed by atoms with Gasteiger partial charge in [-0.25, -0.2) is 4.98 Å². The Morgan fingerprint density at radius 1 is 1.71 bits per heavy atom. The minimum absolute atomic E-state index is 0.183. The number of hydrogen-bond donors (Lipinski definition) is 0. The Morgan fingerprint density at radius 2 is 2.53 bits per heavy atom. The quantitative estimate of drug-likeness (QED) is 0.827. The molecule has 2 heterocycles. The molecular weight excluding hydrogens is 236 g/mol. The average Bonchev–Trinajstić information content (AvgIpc) is 2.93. The molecule has 2 rings (SSSR count). The number of hydrogen-bond acceptors (Lipinski definition) is 4. The number of thiazole rings is 1. The fourth-order valence-corrected chi connectivity index (χ4v) is 3.12. The maximum absolute atomic E-state index is 12.0. The average molecular weight is 254 g/mol. The zero-order chi connectivity index (χ0) is 12.3. The molecule has 1 unspecified atom stereocenters. The minimum atomic E-state index is 0.183. The van der Waals surface area contributed by atoms with Crippen LogP contribution in [0.1, 0.15) is 36.0 Å². The molecule has 0 radical (unpaired) electrons. The highest BCUT2D eigenvalue weighted by atomic mass is 32.1. The molecule has 1 aromatic heterocycles. The summed E-state index contributed by atoms with van der Waals surface area (Å²) in [5.41, 5.74) is 1.04. The molecule has 17 heavy (non-hydrogen) atoms. The first-order valence-corrected chi connectivity index (χ1v) is 6.80. The molecule has 0 N–H and O–H groups in total. The van der Waals surface area contributed by atoms with Gasteiger partial charge in [0, 0.05) is 24.7 Å². The maximum Gasteiger partial charge on any atom is 0.225 e. The van der Waals surface area contributed by atoms with E-state index in [2.05, 4.69) is 4.98 Å². The summed E-state index contributed by atoms with van der Waals surface area (Å²) in [5.74, 6) is 0.183. The number of carbonyl (C=O) groups is 1. The van der Waals surface area contributed by atoms with Gasteiger partial charge in [-0.3, -0.25) is 4.79 Å². The first-order chi connectivity index (χ1) is 8.22. The monoisotopic (exact) mass is 254 g/mol. The molecule has 4 nitrogen and oxygen atoms in total. The zero-order valence-electron chi connectivity index (χ0n) is 10.3. The van der Waals surface area contributed by atoms with Crippen molar-refractivity contribution in [2.75, 3.05) is 20.3 Å². The van der Waals surface area contributed by atoms with E-state index < -0.39 is 0 Å². The summed E-state index contributed by atoms with van der Waals surface area (Å²) in [5, 5.41) is 3.12. The van der Waals surface area contributed by atoms with Crippen LogP contribution in [-0.4, -0.2) is 36.1 Å². The van der Waals surface area contributed by atoms with Crippen molar-refractivity contribution < 1.29 is 9.53 Å². The third kappa shape index (κ3) is 2.84. The van der Waals surface area contributed by atoms with Crippen LogP contribution in [-0.2, 0) is 9.53 Å². The fraction of sp³-hybridized carbons (Fsp3) is 0.667. The third-order valence-electron chi connectivity index (χ3n) is 3.02. The van der Waals surface area contributed by atoms with Crippen LogP contribution in [0, 0.1) is 6.92 Å². The number of ether oxygens (including phenoxy) is 1. The van der Waals surface area contributed by atoms with Crippen molar-refractivity contribution in [3.63, 3.8) is 0 Å². The highest BCUT2D eigenvalue weighted by Gasteiger charge is 2.31. The van der Waals surface area contributed by atoms with Crippen LogP contribution in [0.4, 0.5) is 0 Å². The zero-order valence-corrected chi connectivity index (χ0v) is 11.1. The lowest BCUT2D eigenvalue weighted by Gasteiger charge is -2.23. The topological polar surface area (TPSA) is 42.4 Å². The van der Waals surface area contributed by atoms with E-state index in [9.17, 15) is 4.79 Å². The van der Waals surface area contributed by atoms with Crippen LogP contribution in [0.15, 0.2) is 5.38 Å². The van der Waals surface area contributed by atoms with Crippen LogP contribution < -0.4 is 0 Å². The van der Waals surface area contributed by atoms with E-state index in [0.29, 0.717) is 13.0 Å². The molecule has 1 aliphatic rings. The van der Waals surface area contributed by atoms with Crippen LogP contribution >= 0.6 is 11.3 Å². The standard InChI is InChI=1S/C12H18N2O2S/c1-9-8-17-12(13-9)10-4-3-6-14(10)11(15)5-7-16-2/h8,10H,3-7H2,1-2H3. The molecule has 1 aliphatic heterocycles. The maximum atomic E-state index is 12.0. The summed E-state index contributed by atoms with van der Waals surface area (Å²) < 4.78 is 4.96. The number of rotatable bonds is 4. The van der Waals surface area contributed by atoms with Crippen LogP contribution in [0.25, 0.3) is 0 Å². The summed E-state index contributed by atoms with van der Waals surface area (Å²) in [7, 11) is 1.62. The number of aromatic nitrogens is 1. The lowest BCUT2D eigenvalue weighted by Crippen LogP contribution is -2.31. The number of methoxy groups -OCH3 is 1. The number of carbonyl (C=O) groups excluding carboxylic acids is 1. The summed E-state index contributed by atoms with van der Waals surface area (Å²) in [6, 6.07) is 0.193. The molecule has 1 amide bonds. The van der Waals surface area contributed by atoms with Crippen molar-refractivity contribution in [3.8, 4) is 0 Å². The van der Waals surface area contributed by atoms with Crippen LogP contribution in [0.2, 0.25) is 0 Å². The molecule has 1 aromatic rings. The van der Waals surface area contributed by atoms with Gasteiger partial charge in [0.2, 0.25) is 5.91 Å². The first kappa shape index (κ1) is 12.5. The van der Waals surface area contributed by atoms with Crippen LogP contribution in [0.3, 0.4) is 0 Å². The molecule has 1 saturated heterocycles. The Kier molecular flexibility index (Phi) is 4.12. The Hall–Kier alpha value is -0.940. The molecule has 0 aromatic carbocycles. The Bertz CT molecular complexity index is 392. The Morgan fingerprint density at radius 3 is 3.18 bits per heavy atom. The van der Waals surface area contributed by atoms with Gasteiger partial charge in [0.15, 0.2) is 0 Å². The first-order valence-electron chi connectivity index (χ1n) is 5.93. The van der Waals surface area contributed by atoms with Gasteiger partial charge in [0.25, 0.3) is 0 Å². The van der Waals surface area contributed by atoms with Crippen molar-refractivity contribution in [2.24, 2.45) is 0 Å². The second kappa shape index (κ2) is 5.60. The number of likely N-dealkylation sites (tertiary alicyclic amines) is 1. The van der Waals surface area contributed by atoms with E-state index in [-0.39, 0.29) is 11.9 Å². The molecule has 1 fully saturated rings. The fourth-order valence-electron chi connectivity index (χ4n) is 2.18. The van der Waals surface area contributed by atoms with Gasteiger partial charge in [-0.1, -0.05) is 0 Å². The second-order valence-corrected chi connectivity index (χ2v) is 5.20. The number of aryl methyl sites for hydroxylation is 1. The number of nitrogens with zero attached hydrogens (tertiary/aromatic N) is 2. The van der Waals surface area contributed by atoms with Gasteiger partial charge in [-0.15, -0.1) is 11.3 Å². The highest BCUT2D eigenvalue weighted by Crippen LogP contribution is 2.33. The molecule has 1 atom stereocenters. The van der Waals surface area contributed by atoms with E-state index in [0.717, 1.165) is 30.1 Å². The highest BCUT2D eigenvalue weighted by molar-refractivity contribution is 7.09. The molecule has 0 aliphatic carbocycles. The van der Waals surface area contributed by atoms with E-state index in [1.54, 1.807) is 18.4 Å². The summed E-state index contributed by atoms with van der Waals surface area (Å²) in [6.45, 7) is 3.34. The van der Waals surface area contributed by atoms with E-state index >= 15 is 0 Å². The summed E-state index contributed by atoms with van der Waals surface area (Å²) in [4.78, 5) is 18.5. The molecule has 0 bridgehead atoms. The van der Waals surface area contributed by atoms with Crippen molar-refractivity contribution in [2.45, 2.75) is 32.2 Å². The van der Waals surface area contributed by atoms with Gasteiger partial charge in [0.05, 0.1) is 19.1 Å². The van der Waals surface area contributed by atoms with E-state index in [4.69, 9.17) is 4.74 Å². The van der Waals surface area contributed by atoms with Gasteiger partial charge in [-0.2, -0.15) is 0 Å². The third-order valence-corrected chi connectivity index (χ3v) is 4.08. The lowest BCUT2D eigenvalue weighted by molar-refractivity contribution is -0.133.